The van der Waals surface area contributed by atoms with Gasteiger partial charge in [0.15, 0.2) is 9.84 Å². The number of aliphatic hydroxyl groups excluding tert-OH is 1. The van der Waals surface area contributed by atoms with E-state index in [2.05, 4.69) is 4.98 Å². The number of sulfone groups is 1. The number of nitriles is 1. The summed E-state index contributed by atoms with van der Waals surface area (Å²) >= 11 is 0. The predicted octanol–water partition coefficient (Wildman–Crippen LogP) is 3.32. The molecule has 0 bridgehead atoms. The first kappa shape index (κ1) is 21.6. The van der Waals surface area contributed by atoms with E-state index in [4.69, 9.17) is 10.00 Å². The lowest BCUT2D eigenvalue weighted by molar-refractivity contribution is 0.0928. The van der Waals surface area contributed by atoms with Gasteiger partial charge in [-0.1, -0.05) is 30.3 Å². The third-order valence-electron chi connectivity index (χ3n) is 4.97. The molecule has 4 aromatic rings. The minimum atomic E-state index is -3.60. The topological polar surface area (TPSA) is 105 Å². The fourth-order valence-electron chi connectivity index (χ4n) is 3.40. The molecule has 1 N–H and O–H groups in total. The molecule has 0 amide bonds. The Bertz CT molecular complexity index is 1360. The van der Waals surface area contributed by atoms with Crippen LogP contribution >= 0.6 is 0 Å². The van der Waals surface area contributed by atoms with Crippen LogP contribution in [0.1, 0.15) is 11.4 Å². The fourth-order valence-corrected chi connectivity index (χ4v) is 4.70. The maximum atomic E-state index is 12.9. The Morgan fingerprint density at radius 1 is 1.00 bits per heavy atom. The molecule has 1 aromatic heterocycles. The molecule has 1 heterocycles. The first-order valence-corrected chi connectivity index (χ1v) is 11.6. The van der Waals surface area contributed by atoms with Crippen molar-refractivity contribution < 1.29 is 18.3 Å². The van der Waals surface area contributed by atoms with E-state index < -0.39 is 15.9 Å². The predicted molar refractivity (Wildman–Crippen MR) is 120 cm³/mol. The van der Waals surface area contributed by atoms with Crippen molar-refractivity contribution in [2.75, 3.05) is 6.61 Å². The SMILES string of the molecule is N#Cc1ccc(OCC(O)Cn2c(CS(=O)(=O)c3ccccc3)nc3ccccc32)cc1. The quantitative estimate of drug-likeness (QED) is 0.444. The Kier molecular flexibility index (Phi) is 6.21. The molecule has 0 aliphatic rings. The number of nitrogens with zero attached hydrogens (tertiary/aromatic N) is 3. The van der Waals surface area contributed by atoms with Crippen molar-refractivity contribution in [2.45, 2.75) is 23.3 Å². The van der Waals surface area contributed by atoms with E-state index in [0.29, 0.717) is 22.7 Å². The van der Waals surface area contributed by atoms with Crippen molar-refractivity contribution in [1.29, 1.82) is 5.26 Å². The number of para-hydroxylation sites is 2. The molecule has 3 aromatic carbocycles. The highest BCUT2D eigenvalue weighted by atomic mass is 32.2. The number of imidazole rings is 1. The molecule has 0 saturated carbocycles. The molecular weight excluding hydrogens is 426 g/mol. The van der Waals surface area contributed by atoms with Gasteiger partial charge < -0.3 is 14.4 Å². The van der Waals surface area contributed by atoms with Gasteiger partial charge in [-0.15, -0.1) is 0 Å². The van der Waals surface area contributed by atoms with E-state index in [1.165, 1.54) is 0 Å². The van der Waals surface area contributed by atoms with Crippen LogP contribution in [0, 0.1) is 11.3 Å². The first-order valence-electron chi connectivity index (χ1n) is 9.99. The van der Waals surface area contributed by atoms with Crippen molar-refractivity contribution in [3.63, 3.8) is 0 Å². The van der Waals surface area contributed by atoms with Gasteiger partial charge in [0.1, 0.15) is 30.0 Å². The Labute approximate surface area is 186 Å². The van der Waals surface area contributed by atoms with Crippen LogP contribution in [0.3, 0.4) is 0 Å². The van der Waals surface area contributed by atoms with Crippen molar-refractivity contribution in [3.05, 3.63) is 90.3 Å². The summed E-state index contributed by atoms with van der Waals surface area (Å²) < 4.78 is 33.2. The minimum absolute atomic E-state index is 0.00326. The van der Waals surface area contributed by atoms with Gasteiger partial charge in [-0.05, 0) is 48.5 Å². The number of fused-ring (bicyclic) bond motifs is 1. The largest absolute Gasteiger partial charge is 0.491 e. The molecule has 1 atom stereocenters. The summed E-state index contributed by atoms with van der Waals surface area (Å²) in [6, 6.07) is 24.2. The summed E-state index contributed by atoms with van der Waals surface area (Å²) in [5.41, 5.74) is 1.92. The second kappa shape index (κ2) is 9.22. The normalized spacial score (nSPS) is 12.4. The summed E-state index contributed by atoms with van der Waals surface area (Å²) in [6.07, 6.45) is -0.901. The number of ether oxygens (including phenoxy) is 1. The van der Waals surface area contributed by atoms with E-state index in [-0.39, 0.29) is 23.8 Å². The third-order valence-corrected chi connectivity index (χ3v) is 6.60. The molecule has 0 radical (unpaired) electrons. The Hall–Kier alpha value is -3.67. The highest BCUT2D eigenvalue weighted by molar-refractivity contribution is 7.90. The van der Waals surface area contributed by atoms with Crippen LogP contribution in [-0.2, 0) is 22.1 Å². The zero-order chi connectivity index (χ0) is 22.6. The Morgan fingerprint density at radius 2 is 1.69 bits per heavy atom. The van der Waals surface area contributed by atoms with E-state index in [0.717, 1.165) is 5.52 Å². The highest BCUT2D eigenvalue weighted by Gasteiger charge is 2.22. The average molecular weight is 448 g/mol. The highest BCUT2D eigenvalue weighted by Crippen LogP contribution is 2.22. The monoisotopic (exact) mass is 447 g/mol. The smallest absolute Gasteiger partial charge is 0.185 e. The van der Waals surface area contributed by atoms with Crippen LogP contribution < -0.4 is 4.74 Å². The molecule has 162 valence electrons. The number of hydrogen-bond donors (Lipinski definition) is 1. The maximum absolute atomic E-state index is 12.9. The number of benzene rings is 3. The zero-order valence-corrected chi connectivity index (χ0v) is 17.9. The van der Waals surface area contributed by atoms with Gasteiger partial charge in [-0.25, -0.2) is 13.4 Å². The molecule has 8 heteroatoms. The lowest BCUT2D eigenvalue weighted by Crippen LogP contribution is -2.25. The minimum Gasteiger partial charge on any atom is -0.491 e. The molecule has 0 aliphatic heterocycles. The molecule has 0 fully saturated rings. The fraction of sp³-hybridized carbons (Fsp3) is 0.167. The zero-order valence-electron chi connectivity index (χ0n) is 17.1. The van der Waals surface area contributed by atoms with E-state index >= 15 is 0 Å². The molecule has 32 heavy (non-hydrogen) atoms. The molecule has 7 nitrogen and oxygen atoms in total. The summed E-state index contributed by atoms with van der Waals surface area (Å²) in [7, 11) is -3.60. The molecule has 0 saturated heterocycles. The van der Waals surface area contributed by atoms with Crippen molar-refractivity contribution in [1.82, 2.24) is 9.55 Å². The molecule has 0 spiro atoms. The maximum Gasteiger partial charge on any atom is 0.185 e. The summed E-state index contributed by atoms with van der Waals surface area (Å²) in [5, 5.41) is 19.5. The lowest BCUT2D eigenvalue weighted by atomic mass is 10.2. The number of hydrogen-bond acceptors (Lipinski definition) is 6. The van der Waals surface area contributed by atoms with Crippen LogP contribution in [0.5, 0.6) is 5.75 Å². The van der Waals surface area contributed by atoms with Gasteiger partial charge in [-0.2, -0.15) is 5.26 Å². The number of rotatable bonds is 8. The van der Waals surface area contributed by atoms with Crippen LogP contribution in [0.15, 0.2) is 83.8 Å². The number of aromatic nitrogens is 2. The Morgan fingerprint density at radius 3 is 2.41 bits per heavy atom. The molecule has 0 aliphatic carbocycles. The van der Waals surface area contributed by atoms with Crippen LogP contribution in [0.2, 0.25) is 0 Å². The second-order valence-corrected chi connectivity index (χ2v) is 9.29. The van der Waals surface area contributed by atoms with Gasteiger partial charge >= 0.3 is 0 Å². The van der Waals surface area contributed by atoms with Crippen LogP contribution in [-0.4, -0.2) is 35.8 Å². The molecule has 1 unspecified atom stereocenters. The van der Waals surface area contributed by atoms with Crippen LogP contribution in [0.4, 0.5) is 0 Å². The lowest BCUT2D eigenvalue weighted by Gasteiger charge is -2.16. The van der Waals surface area contributed by atoms with E-state index in [1.807, 2.05) is 30.3 Å². The van der Waals surface area contributed by atoms with Gasteiger partial charge in [0.2, 0.25) is 0 Å². The first-order chi connectivity index (χ1) is 15.5. The van der Waals surface area contributed by atoms with Crippen molar-refractivity contribution >= 4 is 20.9 Å². The summed E-state index contributed by atoms with van der Waals surface area (Å²) in [4.78, 5) is 4.74. The number of aliphatic hydroxyl groups is 1. The van der Waals surface area contributed by atoms with Gasteiger partial charge in [0.05, 0.1) is 34.1 Å². The molecular formula is C24H21N3O4S. The second-order valence-electron chi connectivity index (χ2n) is 7.30. The van der Waals surface area contributed by atoms with Gasteiger partial charge in [0.25, 0.3) is 0 Å². The third kappa shape index (κ3) is 4.80. The molecule has 4 rings (SSSR count). The van der Waals surface area contributed by atoms with E-state index in [9.17, 15) is 13.5 Å². The van der Waals surface area contributed by atoms with Gasteiger partial charge in [-0.3, -0.25) is 0 Å². The summed E-state index contributed by atoms with van der Waals surface area (Å²) in [5.74, 6) is 0.604. The van der Waals surface area contributed by atoms with Crippen molar-refractivity contribution in [3.8, 4) is 11.8 Å². The average Bonchev–Trinajstić information content (AvgIpc) is 3.14. The standard InChI is InChI=1S/C24H21N3O4S/c25-14-18-10-12-20(13-11-18)31-16-19(28)15-27-23-9-5-4-8-22(23)26-24(27)17-32(29,30)21-6-2-1-3-7-21/h1-13,19,28H,15-17H2. The van der Waals surface area contributed by atoms with Crippen LogP contribution in [0.25, 0.3) is 11.0 Å². The van der Waals surface area contributed by atoms with Gasteiger partial charge in [0, 0.05) is 0 Å². The summed E-state index contributed by atoms with van der Waals surface area (Å²) in [6.45, 7) is 0.125. The van der Waals surface area contributed by atoms with E-state index in [1.54, 1.807) is 59.2 Å². The van der Waals surface area contributed by atoms with Crippen molar-refractivity contribution in [2.24, 2.45) is 0 Å². The Balaban J connectivity index is 1.55.